The third kappa shape index (κ3) is 3.31. The maximum atomic E-state index is 13.1. The summed E-state index contributed by atoms with van der Waals surface area (Å²) < 4.78 is 23.4. The number of benzene rings is 2. The number of carbonyl (C=O) groups is 1. The van der Waals surface area contributed by atoms with E-state index < -0.39 is 5.97 Å². The number of halogens is 1. The van der Waals surface area contributed by atoms with Gasteiger partial charge in [-0.3, -0.25) is 0 Å². The van der Waals surface area contributed by atoms with Gasteiger partial charge in [0, 0.05) is 5.69 Å². The zero-order valence-corrected chi connectivity index (χ0v) is 11.9. The fraction of sp³-hybridized carbons (Fsp3) is 0.188. The largest absolute Gasteiger partial charge is 0.488 e. The lowest BCUT2D eigenvalue weighted by Crippen LogP contribution is -2.09. The summed E-state index contributed by atoms with van der Waals surface area (Å²) in [6, 6.07) is 9.37. The Balaban J connectivity index is 2.24. The maximum Gasteiger partial charge on any atom is 0.343 e. The van der Waals surface area contributed by atoms with Crippen LogP contribution in [0.4, 0.5) is 10.1 Å². The first kappa shape index (κ1) is 14.8. The number of nitrogen functional groups attached to an aromatic ring is 1. The van der Waals surface area contributed by atoms with Crippen molar-refractivity contribution < 1.29 is 18.7 Å². The average Bonchev–Trinajstić information content (AvgIpc) is 2.45. The van der Waals surface area contributed by atoms with Gasteiger partial charge in [0.2, 0.25) is 0 Å². The lowest BCUT2D eigenvalue weighted by atomic mass is 10.1. The molecule has 0 unspecified atom stereocenters. The number of carbonyl (C=O) groups excluding carboxylic acids is 1. The standard InChI is InChI=1S/C16H16FNO3/c1-10-8-12(17)7-6-11(10)9-21-14-5-3-4-13(18)15(14)16(19)20-2/h3-8H,9,18H2,1-2H3. The van der Waals surface area contributed by atoms with Crippen LogP contribution in [0.3, 0.4) is 0 Å². The van der Waals surface area contributed by atoms with Crippen molar-refractivity contribution >= 4 is 11.7 Å². The molecule has 0 fully saturated rings. The lowest BCUT2D eigenvalue weighted by Gasteiger charge is -2.13. The second-order valence-corrected chi connectivity index (χ2v) is 4.57. The molecule has 2 aromatic rings. The molecule has 0 aliphatic heterocycles. The van der Waals surface area contributed by atoms with Gasteiger partial charge in [0.15, 0.2) is 0 Å². The highest BCUT2D eigenvalue weighted by atomic mass is 19.1. The molecule has 0 amide bonds. The first-order valence-corrected chi connectivity index (χ1v) is 6.37. The predicted molar refractivity (Wildman–Crippen MR) is 77.7 cm³/mol. The number of nitrogens with two attached hydrogens (primary N) is 1. The summed E-state index contributed by atoms with van der Waals surface area (Å²) in [4.78, 5) is 11.7. The van der Waals surface area contributed by atoms with Crippen molar-refractivity contribution in [3.63, 3.8) is 0 Å². The van der Waals surface area contributed by atoms with Gasteiger partial charge in [-0.25, -0.2) is 9.18 Å². The summed E-state index contributed by atoms with van der Waals surface area (Å²) in [7, 11) is 1.28. The van der Waals surface area contributed by atoms with Crippen LogP contribution in [-0.4, -0.2) is 13.1 Å². The van der Waals surface area contributed by atoms with Gasteiger partial charge in [-0.15, -0.1) is 0 Å². The van der Waals surface area contributed by atoms with Gasteiger partial charge in [-0.2, -0.15) is 0 Å². The normalized spacial score (nSPS) is 10.2. The van der Waals surface area contributed by atoms with Gasteiger partial charge in [0.25, 0.3) is 0 Å². The summed E-state index contributed by atoms with van der Waals surface area (Å²) in [5, 5.41) is 0. The third-order valence-electron chi connectivity index (χ3n) is 3.14. The first-order chi connectivity index (χ1) is 10.0. The highest BCUT2D eigenvalue weighted by Gasteiger charge is 2.16. The van der Waals surface area contributed by atoms with E-state index in [9.17, 15) is 9.18 Å². The Kier molecular flexibility index (Phi) is 4.42. The maximum absolute atomic E-state index is 13.1. The minimum atomic E-state index is -0.557. The number of esters is 1. The van der Waals surface area contributed by atoms with E-state index in [1.54, 1.807) is 31.2 Å². The Morgan fingerprint density at radius 1 is 1.29 bits per heavy atom. The van der Waals surface area contributed by atoms with Crippen molar-refractivity contribution in [2.24, 2.45) is 0 Å². The van der Waals surface area contributed by atoms with Crippen LogP contribution in [0.25, 0.3) is 0 Å². The van der Waals surface area contributed by atoms with Crippen LogP contribution in [0.2, 0.25) is 0 Å². The fourth-order valence-corrected chi connectivity index (χ4v) is 1.97. The molecule has 2 N–H and O–H groups in total. The van der Waals surface area contributed by atoms with Crippen LogP contribution in [0.5, 0.6) is 5.75 Å². The molecule has 0 heterocycles. The van der Waals surface area contributed by atoms with E-state index in [-0.39, 0.29) is 23.7 Å². The molecular weight excluding hydrogens is 273 g/mol. The van der Waals surface area contributed by atoms with Crippen molar-refractivity contribution in [3.05, 3.63) is 58.9 Å². The van der Waals surface area contributed by atoms with Crippen molar-refractivity contribution in [1.29, 1.82) is 0 Å². The topological polar surface area (TPSA) is 61.5 Å². The molecule has 0 aliphatic rings. The molecule has 0 bridgehead atoms. The molecule has 0 radical (unpaired) electrons. The second kappa shape index (κ2) is 6.26. The molecule has 0 aliphatic carbocycles. The van der Waals surface area contributed by atoms with Crippen LogP contribution in [0.15, 0.2) is 36.4 Å². The number of ether oxygens (including phenoxy) is 2. The highest BCUT2D eigenvalue weighted by molar-refractivity contribution is 5.98. The number of anilines is 1. The van der Waals surface area contributed by atoms with Gasteiger partial charge in [-0.1, -0.05) is 12.1 Å². The highest BCUT2D eigenvalue weighted by Crippen LogP contribution is 2.26. The zero-order chi connectivity index (χ0) is 15.4. The molecule has 110 valence electrons. The molecule has 0 atom stereocenters. The molecule has 0 saturated carbocycles. The van der Waals surface area contributed by atoms with Crippen LogP contribution in [-0.2, 0) is 11.3 Å². The quantitative estimate of drug-likeness (QED) is 0.694. The fourth-order valence-electron chi connectivity index (χ4n) is 1.97. The minimum absolute atomic E-state index is 0.194. The molecule has 2 aromatic carbocycles. The van der Waals surface area contributed by atoms with Gasteiger partial charge in [0.1, 0.15) is 23.7 Å². The SMILES string of the molecule is COC(=O)c1c(N)cccc1OCc1ccc(F)cc1C. The Hall–Kier alpha value is -2.56. The van der Waals surface area contributed by atoms with Crippen LogP contribution in [0, 0.1) is 12.7 Å². The van der Waals surface area contributed by atoms with Crippen LogP contribution >= 0.6 is 0 Å². The van der Waals surface area contributed by atoms with E-state index in [2.05, 4.69) is 0 Å². The number of rotatable bonds is 4. The molecule has 21 heavy (non-hydrogen) atoms. The molecule has 0 aromatic heterocycles. The Morgan fingerprint density at radius 2 is 2.05 bits per heavy atom. The summed E-state index contributed by atoms with van der Waals surface area (Å²) >= 11 is 0. The van der Waals surface area contributed by atoms with E-state index in [0.717, 1.165) is 11.1 Å². The molecule has 0 spiro atoms. The van der Waals surface area contributed by atoms with Crippen molar-refractivity contribution in [2.75, 3.05) is 12.8 Å². The first-order valence-electron chi connectivity index (χ1n) is 6.37. The van der Waals surface area contributed by atoms with E-state index in [1.807, 2.05) is 0 Å². The Bertz CT molecular complexity index is 671. The summed E-state index contributed by atoms with van der Waals surface area (Å²) in [6.45, 7) is 2.00. The number of aryl methyl sites for hydroxylation is 1. The van der Waals surface area contributed by atoms with Crippen LogP contribution < -0.4 is 10.5 Å². The molecule has 2 rings (SSSR count). The van der Waals surface area contributed by atoms with Gasteiger partial charge >= 0.3 is 5.97 Å². The smallest absolute Gasteiger partial charge is 0.343 e. The lowest BCUT2D eigenvalue weighted by molar-refractivity contribution is 0.0597. The van der Waals surface area contributed by atoms with E-state index in [4.69, 9.17) is 15.2 Å². The second-order valence-electron chi connectivity index (χ2n) is 4.57. The number of hydrogen-bond donors (Lipinski definition) is 1. The number of hydrogen-bond acceptors (Lipinski definition) is 4. The van der Waals surface area contributed by atoms with Gasteiger partial charge in [-0.05, 0) is 42.3 Å². The monoisotopic (exact) mass is 289 g/mol. The van der Waals surface area contributed by atoms with Crippen molar-refractivity contribution in [3.8, 4) is 5.75 Å². The molecular formula is C16H16FNO3. The van der Waals surface area contributed by atoms with E-state index >= 15 is 0 Å². The molecule has 5 heteroatoms. The third-order valence-corrected chi connectivity index (χ3v) is 3.14. The minimum Gasteiger partial charge on any atom is -0.488 e. The molecule has 4 nitrogen and oxygen atoms in total. The van der Waals surface area contributed by atoms with Crippen molar-refractivity contribution in [2.45, 2.75) is 13.5 Å². The van der Waals surface area contributed by atoms with Crippen LogP contribution in [0.1, 0.15) is 21.5 Å². The average molecular weight is 289 g/mol. The zero-order valence-electron chi connectivity index (χ0n) is 11.9. The summed E-state index contributed by atoms with van der Waals surface area (Å²) in [6.07, 6.45) is 0. The number of methoxy groups -OCH3 is 1. The van der Waals surface area contributed by atoms with E-state index in [0.29, 0.717) is 5.75 Å². The van der Waals surface area contributed by atoms with Gasteiger partial charge < -0.3 is 15.2 Å². The summed E-state index contributed by atoms with van der Waals surface area (Å²) in [5.74, 6) is -0.514. The Labute approximate surface area is 122 Å². The Morgan fingerprint density at radius 3 is 2.71 bits per heavy atom. The molecule has 0 saturated heterocycles. The summed E-state index contributed by atoms with van der Waals surface area (Å²) in [5.41, 5.74) is 7.87. The van der Waals surface area contributed by atoms with Gasteiger partial charge in [0.05, 0.1) is 7.11 Å². The predicted octanol–water partition coefficient (Wildman–Crippen LogP) is 3.08. The van der Waals surface area contributed by atoms with E-state index in [1.165, 1.54) is 19.2 Å². The van der Waals surface area contributed by atoms with Crippen molar-refractivity contribution in [1.82, 2.24) is 0 Å².